The lowest BCUT2D eigenvalue weighted by Gasteiger charge is -2.34. The molecule has 4 rings (SSSR count). The molecule has 0 radical (unpaired) electrons. The predicted octanol–water partition coefficient (Wildman–Crippen LogP) is 2.58. The van der Waals surface area contributed by atoms with Gasteiger partial charge in [0, 0.05) is 51.1 Å². The summed E-state index contributed by atoms with van der Waals surface area (Å²) in [4.78, 5) is 16.6. The molecule has 8 nitrogen and oxygen atoms in total. The van der Waals surface area contributed by atoms with Crippen molar-refractivity contribution in [2.45, 2.75) is 20.0 Å². The highest BCUT2D eigenvalue weighted by Gasteiger charge is 2.22. The minimum Gasteiger partial charge on any atom is -0.361 e. The molecule has 0 spiro atoms. The highest BCUT2D eigenvalue weighted by molar-refractivity contribution is 5.88. The predicted molar refractivity (Wildman–Crippen MR) is 105 cm³/mol. The second-order valence-corrected chi connectivity index (χ2v) is 7.01. The van der Waals surface area contributed by atoms with Crippen LogP contribution in [0.25, 0.3) is 0 Å². The Bertz CT molecular complexity index is 912. The van der Waals surface area contributed by atoms with Crippen LogP contribution in [-0.4, -0.2) is 56.9 Å². The zero-order valence-electron chi connectivity index (χ0n) is 15.9. The van der Waals surface area contributed by atoms with Crippen molar-refractivity contribution in [3.05, 3.63) is 65.7 Å². The van der Waals surface area contributed by atoms with E-state index in [9.17, 15) is 4.79 Å². The van der Waals surface area contributed by atoms with E-state index >= 15 is 0 Å². The van der Waals surface area contributed by atoms with Crippen LogP contribution in [0, 0.1) is 6.92 Å². The summed E-state index contributed by atoms with van der Waals surface area (Å²) in [7, 11) is 0. The van der Waals surface area contributed by atoms with Crippen LogP contribution in [-0.2, 0) is 13.1 Å². The highest BCUT2D eigenvalue weighted by Crippen LogP contribution is 2.11. The summed E-state index contributed by atoms with van der Waals surface area (Å²) in [5.41, 5.74) is 2.10. The number of anilines is 1. The quantitative estimate of drug-likeness (QED) is 0.736. The average Bonchev–Trinajstić information content (AvgIpc) is 3.32. The van der Waals surface area contributed by atoms with E-state index in [4.69, 9.17) is 4.52 Å². The maximum Gasteiger partial charge on any atom is 0.323 e. The van der Waals surface area contributed by atoms with Crippen molar-refractivity contribution < 1.29 is 9.32 Å². The lowest BCUT2D eigenvalue weighted by atomic mass is 10.2. The number of amides is 2. The Balaban J connectivity index is 1.25. The molecule has 1 N–H and O–H groups in total. The molecule has 3 aromatic rings. The van der Waals surface area contributed by atoms with Crippen molar-refractivity contribution >= 4 is 11.8 Å². The van der Waals surface area contributed by atoms with Gasteiger partial charge in [-0.15, -0.1) is 0 Å². The van der Waals surface area contributed by atoms with Gasteiger partial charge in [0.1, 0.15) is 5.76 Å². The van der Waals surface area contributed by atoms with E-state index < -0.39 is 0 Å². The minimum absolute atomic E-state index is 0.109. The van der Waals surface area contributed by atoms with Gasteiger partial charge in [-0.25, -0.2) is 4.79 Å². The Morgan fingerprint density at radius 2 is 1.89 bits per heavy atom. The first-order chi connectivity index (χ1) is 13.7. The Kier molecular flexibility index (Phi) is 5.38. The van der Waals surface area contributed by atoms with Gasteiger partial charge in [-0.2, -0.15) is 5.10 Å². The maximum atomic E-state index is 12.5. The topological polar surface area (TPSA) is 79.4 Å². The monoisotopic (exact) mass is 380 g/mol. The smallest absolute Gasteiger partial charge is 0.323 e. The summed E-state index contributed by atoms with van der Waals surface area (Å²) in [5.74, 6) is 1.39. The molecule has 1 aromatic carbocycles. The summed E-state index contributed by atoms with van der Waals surface area (Å²) < 4.78 is 6.93. The Hall–Kier alpha value is -3.13. The van der Waals surface area contributed by atoms with E-state index in [1.165, 1.54) is 5.56 Å². The second kappa shape index (κ2) is 8.26. The number of benzene rings is 1. The summed E-state index contributed by atoms with van der Waals surface area (Å²) in [5, 5.41) is 11.4. The number of urea groups is 1. The van der Waals surface area contributed by atoms with Crippen LogP contribution in [0.5, 0.6) is 0 Å². The van der Waals surface area contributed by atoms with E-state index in [1.807, 2.05) is 53.0 Å². The van der Waals surface area contributed by atoms with Crippen molar-refractivity contribution in [3.63, 3.8) is 0 Å². The van der Waals surface area contributed by atoms with E-state index in [1.54, 1.807) is 0 Å². The summed E-state index contributed by atoms with van der Waals surface area (Å²) in [6.45, 7) is 6.28. The number of nitrogens with one attached hydrogen (secondary N) is 1. The van der Waals surface area contributed by atoms with Gasteiger partial charge in [0.25, 0.3) is 0 Å². The summed E-state index contributed by atoms with van der Waals surface area (Å²) in [6, 6.07) is 13.8. The van der Waals surface area contributed by atoms with Gasteiger partial charge >= 0.3 is 6.03 Å². The number of hydrogen-bond acceptors (Lipinski definition) is 5. The number of rotatable bonds is 5. The minimum atomic E-state index is -0.109. The number of piperazine rings is 1. The molecule has 2 amide bonds. The molecule has 146 valence electrons. The molecule has 1 aliphatic heterocycles. The summed E-state index contributed by atoms with van der Waals surface area (Å²) in [6.07, 6.45) is 1.88. The van der Waals surface area contributed by atoms with E-state index in [0.29, 0.717) is 25.5 Å². The molecule has 1 aliphatic rings. The largest absolute Gasteiger partial charge is 0.361 e. The zero-order chi connectivity index (χ0) is 19.3. The molecule has 0 saturated carbocycles. The zero-order valence-corrected chi connectivity index (χ0v) is 15.9. The molecule has 2 aromatic heterocycles. The molecule has 0 bridgehead atoms. The molecule has 3 heterocycles. The van der Waals surface area contributed by atoms with Gasteiger partial charge in [-0.1, -0.05) is 35.5 Å². The van der Waals surface area contributed by atoms with Crippen LogP contribution in [0.2, 0.25) is 0 Å². The van der Waals surface area contributed by atoms with Gasteiger partial charge in [-0.3, -0.25) is 14.9 Å². The first kappa shape index (κ1) is 18.2. The molecule has 28 heavy (non-hydrogen) atoms. The highest BCUT2D eigenvalue weighted by atomic mass is 16.5. The number of aryl methyl sites for hydroxylation is 1. The third-order valence-corrected chi connectivity index (χ3v) is 4.78. The van der Waals surface area contributed by atoms with Crippen molar-refractivity contribution in [3.8, 4) is 0 Å². The Labute approximate surface area is 163 Å². The van der Waals surface area contributed by atoms with Gasteiger partial charge in [0.2, 0.25) is 0 Å². The van der Waals surface area contributed by atoms with Gasteiger partial charge in [0.05, 0.1) is 12.2 Å². The van der Waals surface area contributed by atoms with E-state index in [2.05, 4.69) is 32.6 Å². The molecule has 0 aliphatic carbocycles. The molecular formula is C20H24N6O2. The number of carbonyl (C=O) groups is 1. The van der Waals surface area contributed by atoms with Crippen LogP contribution < -0.4 is 5.32 Å². The normalized spacial score (nSPS) is 15.0. The standard InChI is InChI=1S/C20H24N6O2/c1-16-13-18(23-28-16)15-24-9-11-25(12-10-24)20(27)21-19-7-8-26(22-19)14-17-5-3-2-4-6-17/h2-8,13H,9-12,14-15H2,1H3,(H,21,22,27). The molecule has 0 unspecified atom stereocenters. The van der Waals surface area contributed by atoms with Crippen LogP contribution in [0.3, 0.4) is 0 Å². The van der Waals surface area contributed by atoms with Crippen LogP contribution in [0.4, 0.5) is 10.6 Å². The van der Waals surface area contributed by atoms with Gasteiger partial charge < -0.3 is 9.42 Å². The van der Waals surface area contributed by atoms with E-state index in [-0.39, 0.29) is 6.03 Å². The Morgan fingerprint density at radius 1 is 1.11 bits per heavy atom. The molecule has 1 fully saturated rings. The fourth-order valence-electron chi connectivity index (χ4n) is 3.31. The first-order valence-corrected chi connectivity index (χ1v) is 9.43. The van der Waals surface area contributed by atoms with Gasteiger partial charge in [-0.05, 0) is 12.5 Å². The number of nitrogens with zero attached hydrogens (tertiary/aromatic N) is 5. The molecular weight excluding hydrogens is 356 g/mol. The Morgan fingerprint density at radius 3 is 2.61 bits per heavy atom. The third kappa shape index (κ3) is 4.58. The van der Waals surface area contributed by atoms with Crippen LogP contribution in [0.1, 0.15) is 17.0 Å². The van der Waals surface area contributed by atoms with Crippen molar-refractivity contribution in [2.75, 3.05) is 31.5 Å². The number of aromatic nitrogens is 3. The van der Waals surface area contributed by atoms with Crippen molar-refractivity contribution in [1.82, 2.24) is 24.7 Å². The SMILES string of the molecule is Cc1cc(CN2CCN(C(=O)Nc3ccn(Cc4ccccc4)n3)CC2)no1. The van der Waals surface area contributed by atoms with Crippen LogP contribution in [0.15, 0.2) is 53.2 Å². The van der Waals surface area contributed by atoms with Gasteiger partial charge in [0.15, 0.2) is 5.82 Å². The summed E-state index contributed by atoms with van der Waals surface area (Å²) >= 11 is 0. The molecule has 1 saturated heterocycles. The molecule has 0 atom stereocenters. The van der Waals surface area contributed by atoms with Crippen molar-refractivity contribution in [1.29, 1.82) is 0 Å². The average molecular weight is 380 g/mol. The third-order valence-electron chi connectivity index (χ3n) is 4.78. The second-order valence-electron chi connectivity index (χ2n) is 7.01. The lowest BCUT2D eigenvalue weighted by molar-refractivity contribution is 0.141. The molecule has 8 heteroatoms. The number of carbonyl (C=O) groups excluding carboxylic acids is 1. The fraction of sp³-hybridized carbons (Fsp3) is 0.350. The maximum absolute atomic E-state index is 12.5. The fourth-order valence-corrected chi connectivity index (χ4v) is 3.31. The van der Waals surface area contributed by atoms with Crippen molar-refractivity contribution in [2.24, 2.45) is 0 Å². The van der Waals surface area contributed by atoms with E-state index in [0.717, 1.165) is 31.1 Å². The number of hydrogen-bond donors (Lipinski definition) is 1. The lowest BCUT2D eigenvalue weighted by Crippen LogP contribution is -2.49. The first-order valence-electron chi connectivity index (χ1n) is 9.43. The van der Waals surface area contributed by atoms with Crippen LogP contribution >= 0.6 is 0 Å².